The van der Waals surface area contributed by atoms with Crippen LogP contribution in [0.3, 0.4) is 0 Å². The third-order valence-electron chi connectivity index (χ3n) is 5.73. The molecule has 4 rings (SSSR count). The fourth-order valence-electron chi connectivity index (χ4n) is 4.25. The van der Waals surface area contributed by atoms with E-state index in [4.69, 9.17) is 4.74 Å². The lowest BCUT2D eigenvalue weighted by atomic mass is 9.96. The van der Waals surface area contributed by atoms with Crippen molar-refractivity contribution in [1.29, 1.82) is 0 Å². The van der Waals surface area contributed by atoms with Crippen LogP contribution in [0.15, 0.2) is 36.5 Å². The molecule has 1 N–H and O–H groups in total. The molecule has 0 aliphatic carbocycles. The Morgan fingerprint density at radius 2 is 2.19 bits per heavy atom. The van der Waals surface area contributed by atoms with Crippen LogP contribution in [0.4, 0.5) is 4.39 Å². The SMILES string of the molecule is COCc1ccc(F)c(-c2ccnc([C@H]3CC[C@@]4(CCN(C)C4=O)N3)c2)c1. The highest BCUT2D eigenvalue weighted by Crippen LogP contribution is 2.39. The largest absolute Gasteiger partial charge is 0.380 e. The third-order valence-corrected chi connectivity index (χ3v) is 5.73. The van der Waals surface area contributed by atoms with Gasteiger partial charge in [-0.2, -0.15) is 0 Å². The minimum absolute atomic E-state index is 0.00520. The van der Waals surface area contributed by atoms with Gasteiger partial charge < -0.3 is 9.64 Å². The molecule has 0 saturated carbocycles. The second kappa shape index (κ2) is 7.02. The van der Waals surface area contributed by atoms with Crippen molar-refractivity contribution in [3.63, 3.8) is 0 Å². The molecule has 1 amide bonds. The molecular formula is C21H24FN3O2. The summed E-state index contributed by atoms with van der Waals surface area (Å²) in [6, 6.07) is 8.77. The first-order chi connectivity index (χ1) is 13.0. The number of carbonyl (C=O) groups excluding carboxylic acids is 1. The van der Waals surface area contributed by atoms with E-state index >= 15 is 0 Å². The van der Waals surface area contributed by atoms with Crippen LogP contribution in [-0.4, -0.2) is 42.0 Å². The number of likely N-dealkylation sites (tertiary alicyclic amines) is 1. The lowest BCUT2D eigenvalue weighted by Gasteiger charge is -2.23. The Balaban J connectivity index is 1.61. The van der Waals surface area contributed by atoms with E-state index in [1.54, 1.807) is 24.3 Å². The van der Waals surface area contributed by atoms with E-state index in [0.29, 0.717) is 12.2 Å². The summed E-state index contributed by atoms with van der Waals surface area (Å²) in [6.07, 6.45) is 4.20. The number of hydrogen-bond acceptors (Lipinski definition) is 4. The highest BCUT2D eigenvalue weighted by Gasteiger charge is 2.50. The van der Waals surface area contributed by atoms with Crippen molar-refractivity contribution in [3.8, 4) is 11.1 Å². The summed E-state index contributed by atoms with van der Waals surface area (Å²) in [4.78, 5) is 18.8. The van der Waals surface area contributed by atoms with Gasteiger partial charge in [0.05, 0.1) is 18.3 Å². The van der Waals surface area contributed by atoms with Crippen molar-refractivity contribution in [2.24, 2.45) is 0 Å². The summed E-state index contributed by atoms with van der Waals surface area (Å²) in [6.45, 7) is 1.22. The average Bonchev–Trinajstić information content (AvgIpc) is 3.24. The van der Waals surface area contributed by atoms with Gasteiger partial charge in [0.2, 0.25) is 5.91 Å². The predicted octanol–water partition coefficient (Wildman–Crippen LogP) is 3.06. The Hall–Kier alpha value is -2.31. The van der Waals surface area contributed by atoms with Gasteiger partial charge in [0.15, 0.2) is 0 Å². The molecule has 0 unspecified atom stereocenters. The highest BCUT2D eigenvalue weighted by molar-refractivity contribution is 5.88. The minimum atomic E-state index is -0.458. The highest BCUT2D eigenvalue weighted by atomic mass is 19.1. The van der Waals surface area contributed by atoms with Crippen LogP contribution >= 0.6 is 0 Å². The molecule has 2 fully saturated rings. The van der Waals surface area contributed by atoms with E-state index in [1.807, 2.05) is 25.2 Å². The first-order valence-corrected chi connectivity index (χ1v) is 9.29. The normalized spacial score (nSPS) is 24.9. The molecule has 2 atom stereocenters. The molecule has 1 aromatic heterocycles. The molecule has 142 valence electrons. The Bertz CT molecular complexity index is 872. The van der Waals surface area contributed by atoms with Gasteiger partial charge in [-0.3, -0.25) is 15.1 Å². The predicted molar refractivity (Wildman–Crippen MR) is 100 cm³/mol. The van der Waals surface area contributed by atoms with Crippen LogP contribution in [0.5, 0.6) is 0 Å². The van der Waals surface area contributed by atoms with Crippen LogP contribution in [0, 0.1) is 5.82 Å². The van der Waals surface area contributed by atoms with Crippen LogP contribution in [0.25, 0.3) is 11.1 Å². The maximum Gasteiger partial charge on any atom is 0.242 e. The number of benzene rings is 1. The minimum Gasteiger partial charge on any atom is -0.380 e. The fraction of sp³-hybridized carbons (Fsp3) is 0.429. The zero-order valence-corrected chi connectivity index (χ0v) is 15.7. The molecule has 5 nitrogen and oxygen atoms in total. The number of aromatic nitrogens is 1. The number of halogens is 1. The molecule has 1 aromatic carbocycles. The molecule has 2 aliphatic rings. The van der Waals surface area contributed by atoms with Crippen molar-refractivity contribution in [1.82, 2.24) is 15.2 Å². The lowest BCUT2D eigenvalue weighted by molar-refractivity contribution is -0.131. The zero-order valence-electron chi connectivity index (χ0n) is 15.7. The molecule has 0 radical (unpaired) electrons. The number of ether oxygens (including phenoxy) is 1. The molecular weight excluding hydrogens is 345 g/mol. The van der Waals surface area contributed by atoms with E-state index in [9.17, 15) is 9.18 Å². The molecule has 1 spiro atoms. The van der Waals surface area contributed by atoms with Crippen LogP contribution in [-0.2, 0) is 16.1 Å². The summed E-state index contributed by atoms with van der Waals surface area (Å²) in [5, 5.41) is 3.52. The number of rotatable bonds is 4. The summed E-state index contributed by atoms with van der Waals surface area (Å²) < 4.78 is 19.6. The summed E-state index contributed by atoms with van der Waals surface area (Å²) in [7, 11) is 3.47. The van der Waals surface area contributed by atoms with E-state index in [2.05, 4.69) is 10.3 Å². The first kappa shape index (κ1) is 18.1. The summed E-state index contributed by atoms with van der Waals surface area (Å²) >= 11 is 0. The molecule has 2 saturated heterocycles. The van der Waals surface area contributed by atoms with E-state index in [-0.39, 0.29) is 17.8 Å². The Kier molecular flexibility index (Phi) is 4.70. The monoisotopic (exact) mass is 369 g/mol. The topological polar surface area (TPSA) is 54.5 Å². The van der Waals surface area contributed by atoms with E-state index < -0.39 is 5.54 Å². The second-order valence-electron chi connectivity index (χ2n) is 7.51. The van der Waals surface area contributed by atoms with Crippen LogP contribution < -0.4 is 5.32 Å². The number of hydrogen-bond donors (Lipinski definition) is 1. The van der Waals surface area contributed by atoms with E-state index in [0.717, 1.165) is 42.6 Å². The molecule has 2 aliphatic heterocycles. The fourth-order valence-corrected chi connectivity index (χ4v) is 4.25. The molecule has 0 bridgehead atoms. The molecule has 27 heavy (non-hydrogen) atoms. The molecule has 3 heterocycles. The second-order valence-corrected chi connectivity index (χ2v) is 7.51. The van der Waals surface area contributed by atoms with E-state index in [1.165, 1.54) is 6.07 Å². The van der Waals surface area contributed by atoms with Crippen molar-refractivity contribution in [2.45, 2.75) is 37.5 Å². The summed E-state index contributed by atoms with van der Waals surface area (Å²) in [5.74, 6) is -0.102. The van der Waals surface area contributed by atoms with Crippen LogP contribution in [0.2, 0.25) is 0 Å². The Labute approximate surface area is 158 Å². The number of nitrogens with zero attached hydrogens (tertiary/aromatic N) is 2. The number of pyridine rings is 1. The van der Waals surface area contributed by atoms with Gasteiger partial charge in [-0.25, -0.2) is 4.39 Å². The number of methoxy groups -OCH3 is 1. The Morgan fingerprint density at radius 3 is 2.93 bits per heavy atom. The van der Waals surface area contributed by atoms with Crippen molar-refractivity contribution in [3.05, 3.63) is 53.6 Å². The van der Waals surface area contributed by atoms with Crippen LogP contribution in [0.1, 0.15) is 36.6 Å². The van der Waals surface area contributed by atoms with Gasteiger partial charge >= 0.3 is 0 Å². The number of carbonyl (C=O) groups is 1. The molecule has 6 heteroatoms. The van der Waals surface area contributed by atoms with Gasteiger partial charge in [0.1, 0.15) is 11.4 Å². The van der Waals surface area contributed by atoms with Crippen molar-refractivity contribution >= 4 is 5.91 Å². The zero-order chi connectivity index (χ0) is 19.0. The standard InChI is InChI=1S/C21H24FN3O2/c1-25-10-8-21(20(25)26)7-5-18(24-21)19-12-15(6-9-23-19)16-11-14(13-27-2)3-4-17(16)22/h3-4,6,9,11-12,18,24H,5,7-8,10,13H2,1-2H3/t18-,21+/m1/s1. The number of nitrogens with one attached hydrogen (secondary N) is 1. The van der Waals surface area contributed by atoms with Gasteiger partial charge in [-0.05, 0) is 54.7 Å². The third kappa shape index (κ3) is 3.24. The Morgan fingerprint density at radius 1 is 1.33 bits per heavy atom. The number of amides is 1. The van der Waals surface area contributed by atoms with Crippen molar-refractivity contribution < 1.29 is 13.9 Å². The van der Waals surface area contributed by atoms with Gasteiger partial charge in [0.25, 0.3) is 0 Å². The maximum atomic E-state index is 14.4. The maximum absolute atomic E-state index is 14.4. The van der Waals surface area contributed by atoms with Crippen molar-refractivity contribution in [2.75, 3.05) is 20.7 Å². The smallest absolute Gasteiger partial charge is 0.242 e. The quantitative estimate of drug-likeness (QED) is 0.900. The van der Waals surface area contributed by atoms with Gasteiger partial charge in [-0.1, -0.05) is 6.07 Å². The molecule has 2 aromatic rings. The number of likely N-dealkylation sites (N-methyl/N-ethyl adjacent to an activating group) is 1. The first-order valence-electron chi connectivity index (χ1n) is 9.29. The van der Waals surface area contributed by atoms with Gasteiger partial charge in [0, 0.05) is 32.5 Å². The summed E-state index contributed by atoms with van der Waals surface area (Å²) in [5.41, 5.74) is 2.64. The average molecular weight is 369 g/mol. The lowest BCUT2D eigenvalue weighted by Crippen LogP contribution is -2.47. The van der Waals surface area contributed by atoms with Gasteiger partial charge in [-0.15, -0.1) is 0 Å².